The van der Waals surface area contributed by atoms with Gasteiger partial charge in [0.2, 0.25) is 0 Å². The molecule has 0 bridgehead atoms. The quantitative estimate of drug-likeness (QED) is 0.255. The first-order chi connectivity index (χ1) is 18.1. The molecular weight excluding hydrogens is 476 g/mol. The summed E-state index contributed by atoms with van der Waals surface area (Å²) < 4.78 is 1.90. The molecule has 5 nitrogen and oxygen atoms in total. The summed E-state index contributed by atoms with van der Waals surface area (Å²) in [6.07, 6.45) is 2.66. The molecule has 6 heteroatoms. The van der Waals surface area contributed by atoms with E-state index in [1.165, 1.54) is 22.5 Å². The average molecular weight is 503 g/mol. The van der Waals surface area contributed by atoms with Crippen LogP contribution in [0.4, 0.5) is 0 Å². The molecule has 0 fully saturated rings. The van der Waals surface area contributed by atoms with E-state index in [9.17, 15) is 4.79 Å². The van der Waals surface area contributed by atoms with Crippen molar-refractivity contribution >= 4 is 23.0 Å². The van der Waals surface area contributed by atoms with Crippen molar-refractivity contribution < 1.29 is 4.79 Å². The Morgan fingerprint density at radius 1 is 0.838 bits per heavy atom. The van der Waals surface area contributed by atoms with Gasteiger partial charge in [0.25, 0.3) is 5.91 Å². The van der Waals surface area contributed by atoms with Crippen molar-refractivity contribution in [3.8, 4) is 16.9 Å². The van der Waals surface area contributed by atoms with Gasteiger partial charge < -0.3 is 0 Å². The molecule has 182 valence electrons. The highest BCUT2D eigenvalue weighted by Gasteiger charge is 2.37. The summed E-state index contributed by atoms with van der Waals surface area (Å²) in [7, 11) is 0. The van der Waals surface area contributed by atoms with Crippen LogP contribution in [-0.2, 0) is 0 Å². The van der Waals surface area contributed by atoms with Gasteiger partial charge in [-0.15, -0.1) is 11.3 Å². The Balaban J connectivity index is 1.48. The summed E-state index contributed by atoms with van der Waals surface area (Å²) in [5.74, 6) is -0.0931. The van der Waals surface area contributed by atoms with E-state index in [1.54, 1.807) is 5.01 Å². The number of rotatable bonds is 5. The van der Waals surface area contributed by atoms with Gasteiger partial charge in [0.05, 0.1) is 28.0 Å². The van der Waals surface area contributed by atoms with Crippen LogP contribution < -0.4 is 0 Å². The lowest BCUT2D eigenvalue weighted by Crippen LogP contribution is -2.26. The fourth-order valence-electron chi connectivity index (χ4n) is 4.65. The van der Waals surface area contributed by atoms with Crippen molar-refractivity contribution in [1.29, 1.82) is 0 Å². The van der Waals surface area contributed by atoms with Crippen molar-refractivity contribution in [2.24, 2.45) is 5.10 Å². The Hall–Kier alpha value is -4.29. The van der Waals surface area contributed by atoms with E-state index in [0.29, 0.717) is 11.3 Å². The van der Waals surface area contributed by atoms with E-state index >= 15 is 0 Å². The van der Waals surface area contributed by atoms with Crippen LogP contribution in [0.1, 0.15) is 44.4 Å². The summed E-state index contributed by atoms with van der Waals surface area (Å²) in [6, 6.07) is 30.3. The summed E-state index contributed by atoms with van der Waals surface area (Å²) >= 11 is 1.44. The molecule has 0 aliphatic carbocycles. The van der Waals surface area contributed by atoms with Gasteiger partial charge in [-0.1, -0.05) is 83.9 Å². The van der Waals surface area contributed by atoms with Gasteiger partial charge >= 0.3 is 0 Å². The van der Waals surface area contributed by atoms with Gasteiger partial charge in [-0.3, -0.25) is 4.79 Å². The third-order valence-corrected chi connectivity index (χ3v) is 7.54. The highest BCUT2D eigenvalue weighted by molar-refractivity contribution is 7.12. The highest BCUT2D eigenvalue weighted by Crippen LogP contribution is 2.39. The smallest absolute Gasteiger partial charge is 0.266 e. The van der Waals surface area contributed by atoms with E-state index in [-0.39, 0.29) is 11.9 Å². The summed E-state index contributed by atoms with van der Waals surface area (Å²) in [5, 5.41) is 13.5. The van der Waals surface area contributed by atoms with Crippen molar-refractivity contribution in [2.75, 3.05) is 0 Å². The van der Waals surface area contributed by atoms with Gasteiger partial charge in [-0.25, -0.2) is 9.69 Å². The number of aromatic nitrogens is 2. The normalized spacial score (nSPS) is 15.1. The van der Waals surface area contributed by atoms with Crippen LogP contribution in [0.5, 0.6) is 0 Å². The Labute approximate surface area is 220 Å². The topological polar surface area (TPSA) is 50.5 Å². The molecule has 0 spiro atoms. The zero-order valence-electron chi connectivity index (χ0n) is 20.7. The standard InChI is InChI=1S/C31H26N4OS/c1-21-10-14-23(15-11-21)27-19-28(35(32-27)31(36)29-9-6-18-37-29)26-20-34(25-7-4-3-5-8-25)33-30(26)24-16-12-22(2)13-17-24/h3-18,20,28H,19H2,1-2H3. The second kappa shape index (κ2) is 9.64. The third kappa shape index (κ3) is 4.52. The molecule has 0 N–H and O–H groups in total. The van der Waals surface area contributed by atoms with E-state index in [1.807, 2.05) is 52.5 Å². The van der Waals surface area contributed by atoms with Gasteiger partial charge in [-0.05, 0) is 43.0 Å². The predicted molar refractivity (Wildman–Crippen MR) is 149 cm³/mol. The number of carbonyl (C=O) groups excluding carboxylic acids is 1. The number of hydrogen-bond acceptors (Lipinski definition) is 4. The number of hydrogen-bond donors (Lipinski definition) is 0. The maximum Gasteiger partial charge on any atom is 0.284 e. The van der Waals surface area contributed by atoms with E-state index in [2.05, 4.69) is 68.6 Å². The maximum atomic E-state index is 13.7. The number of benzene rings is 3. The first-order valence-electron chi connectivity index (χ1n) is 12.3. The second-order valence-corrected chi connectivity index (χ2v) is 10.3. The Morgan fingerprint density at radius 2 is 1.51 bits per heavy atom. The van der Waals surface area contributed by atoms with Crippen LogP contribution in [0, 0.1) is 13.8 Å². The molecule has 1 atom stereocenters. The molecule has 2 aromatic heterocycles. The number of hydrazone groups is 1. The van der Waals surface area contributed by atoms with E-state index in [4.69, 9.17) is 10.2 Å². The molecule has 0 saturated carbocycles. The molecule has 6 rings (SSSR count). The fourth-order valence-corrected chi connectivity index (χ4v) is 5.31. The minimum atomic E-state index is -0.278. The molecule has 1 amide bonds. The largest absolute Gasteiger partial charge is 0.284 e. The van der Waals surface area contributed by atoms with Gasteiger partial charge in [0.15, 0.2) is 0 Å². The van der Waals surface area contributed by atoms with Crippen LogP contribution in [0.2, 0.25) is 0 Å². The zero-order chi connectivity index (χ0) is 25.4. The summed E-state index contributed by atoms with van der Waals surface area (Å²) in [5.41, 5.74) is 8.13. The van der Waals surface area contributed by atoms with Crippen LogP contribution in [0.25, 0.3) is 16.9 Å². The van der Waals surface area contributed by atoms with Crippen molar-refractivity contribution in [3.63, 3.8) is 0 Å². The fraction of sp³-hybridized carbons (Fsp3) is 0.129. The Kier molecular flexibility index (Phi) is 6.02. The first-order valence-corrected chi connectivity index (χ1v) is 13.2. The summed E-state index contributed by atoms with van der Waals surface area (Å²) in [4.78, 5) is 14.4. The zero-order valence-corrected chi connectivity index (χ0v) is 21.5. The van der Waals surface area contributed by atoms with E-state index in [0.717, 1.165) is 33.8 Å². The minimum Gasteiger partial charge on any atom is -0.266 e. The SMILES string of the molecule is Cc1ccc(C2=NN(C(=O)c3cccs3)C(c3cn(-c4ccccc4)nc3-c3ccc(C)cc3)C2)cc1. The molecule has 3 heterocycles. The maximum absolute atomic E-state index is 13.7. The lowest BCUT2D eigenvalue weighted by Gasteiger charge is -2.21. The molecule has 5 aromatic rings. The van der Waals surface area contributed by atoms with Gasteiger partial charge in [0.1, 0.15) is 0 Å². The molecule has 37 heavy (non-hydrogen) atoms. The average Bonchev–Trinajstić information content (AvgIpc) is 3.70. The van der Waals surface area contributed by atoms with Gasteiger partial charge in [-0.2, -0.15) is 10.2 Å². The predicted octanol–water partition coefficient (Wildman–Crippen LogP) is 7.21. The molecule has 1 aliphatic heterocycles. The number of nitrogens with zero attached hydrogens (tertiary/aromatic N) is 4. The Bertz CT molecular complexity index is 1570. The Morgan fingerprint density at radius 3 is 2.16 bits per heavy atom. The third-order valence-electron chi connectivity index (χ3n) is 6.68. The summed E-state index contributed by atoms with van der Waals surface area (Å²) in [6.45, 7) is 4.15. The number of carbonyl (C=O) groups is 1. The second-order valence-electron chi connectivity index (χ2n) is 9.34. The number of aryl methyl sites for hydroxylation is 2. The highest BCUT2D eigenvalue weighted by atomic mass is 32.1. The van der Waals surface area contributed by atoms with Crippen molar-refractivity contribution in [1.82, 2.24) is 14.8 Å². The van der Waals surface area contributed by atoms with E-state index < -0.39 is 0 Å². The van der Waals surface area contributed by atoms with Crippen molar-refractivity contribution in [3.05, 3.63) is 130 Å². The molecule has 0 saturated heterocycles. The molecular formula is C31H26N4OS. The molecule has 1 unspecified atom stereocenters. The molecule has 1 aliphatic rings. The molecule has 0 radical (unpaired) electrons. The van der Waals surface area contributed by atoms with Crippen LogP contribution in [0.3, 0.4) is 0 Å². The number of para-hydroxylation sites is 1. The van der Waals surface area contributed by atoms with Crippen LogP contribution in [0.15, 0.2) is 108 Å². The van der Waals surface area contributed by atoms with Crippen molar-refractivity contribution in [2.45, 2.75) is 26.3 Å². The first kappa shape index (κ1) is 23.1. The van der Waals surface area contributed by atoms with Crippen LogP contribution >= 0.6 is 11.3 Å². The van der Waals surface area contributed by atoms with Gasteiger partial charge in [0, 0.05) is 23.7 Å². The number of amides is 1. The lowest BCUT2D eigenvalue weighted by atomic mass is 9.96. The number of thiophene rings is 1. The molecule has 3 aromatic carbocycles. The van der Waals surface area contributed by atoms with Crippen LogP contribution in [-0.4, -0.2) is 26.4 Å². The minimum absolute atomic E-state index is 0.0931. The monoisotopic (exact) mass is 502 g/mol. The lowest BCUT2D eigenvalue weighted by molar-refractivity contribution is 0.0716.